The highest BCUT2D eigenvalue weighted by molar-refractivity contribution is 6.03. The van der Waals surface area contributed by atoms with Crippen LogP contribution < -0.4 is 10.6 Å². The van der Waals surface area contributed by atoms with Crippen LogP contribution in [0.25, 0.3) is 0 Å². The molecule has 0 radical (unpaired) electrons. The Kier molecular flexibility index (Phi) is 5.94. The molecule has 3 rings (SSSR count). The number of hydrogen-bond acceptors (Lipinski definition) is 3. The van der Waals surface area contributed by atoms with Crippen molar-refractivity contribution >= 4 is 17.5 Å². The topological polar surface area (TPSA) is 76.0 Å². The first-order chi connectivity index (χ1) is 13.0. The summed E-state index contributed by atoms with van der Waals surface area (Å²) < 4.78 is 1.91. The summed E-state index contributed by atoms with van der Waals surface area (Å²) in [6.45, 7) is 7.56. The van der Waals surface area contributed by atoms with Gasteiger partial charge in [0.1, 0.15) is 5.69 Å². The Labute approximate surface area is 160 Å². The van der Waals surface area contributed by atoms with Crippen molar-refractivity contribution in [1.82, 2.24) is 14.9 Å². The number of rotatable bonds is 6. The smallest absolute Gasteiger partial charge is 0.291 e. The maximum atomic E-state index is 12.8. The van der Waals surface area contributed by atoms with E-state index in [4.69, 9.17) is 0 Å². The zero-order chi connectivity index (χ0) is 19.4. The number of carbonyl (C=O) groups is 2. The SMILES string of the molecule is Cc1cccc(NC(=O)c2nc(C(=O)NCCC(C)C)c3n2CCCC3)c1. The summed E-state index contributed by atoms with van der Waals surface area (Å²) in [7, 11) is 0. The van der Waals surface area contributed by atoms with Gasteiger partial charge in [0.2, 0.25) is 0 Å². The minimum absolute atomic E-state index is 0.184. The first kappa shape index (κ1) is 19.1. The molecule has 2 N–H and O–H groups in total. The molecular weight excluding hydrogens is 340 g/mol. The number of hydrogen-bond donors (Lipinski definition) is 2. The number of fused-ring (bicyclic) bond motifs is 1. The molecule has 0 aliphatic carbocycles. The Morgan fingerprint density at radius 1 is 1.22 bits per heavy atom. The van der Waals surface area contributed by atoms with Crippen molar-refractivity contribution < 1.29 is 9.59 Å². The molecule has 0 saturated heterocycles. The number of nitrogens with one attached hydrogen (secondary N) is 2. The Morgan fingerprint density at radius 2 is 2.04 bits per heavy atom. The molecule has 144 valence electrons. The van der Waals surface area contributed by atoms with Crippen molar-refractivity contribution in [3.05, 3.63) is 47.0 Å². The number of aromatic nitrogens is 2. The zero-order valence-electron chi connectivity index (χ0n) is 16.3. The van der Waals surface area contributed by atoms with Crippen molar-refractivity contribution in [2.45, 2.75) is 53.0 Å². The van der Waals surface area contributed by atoms with Crippen molar-refractivity contribution in [2.24, 2.45) is 5.92 Å². The van der Waals surface area contributed by atoms with Crippen LogP contribution in [0.4, 0.5) is 5.69 Å². The minimum Gasteiger partial charge on any atom is -0.351 e. The maximum absolute atomic E-state index is 12.8. The first-order valence-electron chi connectivity index (χ1n) is 9.71. The molecule has 2 heterocycles. The summed E-state index contributed by atoms with van der Waals surface area (Å²) >= 11 is 0. The fourth-order valence-corrected chi connectivity index (χ4v) is 3.37. The van der Waals surface area contributed by atoms with Crippen LogP contribution in [0.2, 0.25) is 0 Å². The second-order valence-corrected chi connectivity index (χ2v) is 7.60. The van der Waals surface area contributed by atoms with Crippen molar-refractivity contribution in [1.29, 1.82) is 0 Å². The van der Waals surface area contributed by atoms with Gasteiger partial charge in [-0.2, -0.15) is 0 Å². The van der Waals surface area contributed by atoms with Crippen LogP contribution in [0, 0.1) is 12.8 Å². The first-order valence-corrected chi connectivity index (χ1v) is 9.71. The van der Waals surface area contributed by atoms with Crippen LogP contribution in [0.3, 0.4) is 0 Å². The molecule has 1 aromatic carbocycles. The van der Waals surface area contributed by atoms with Crippen LogP contribution in [-0.2, 0) is 13.0 Å². The summed E-state index contributed by atoms with van der Waals surface area (Å²) in [6.07, 6.45) is 3.69. The third-order valence-corrected chi connectivity index (χ3v) is 4.82. The Morgan fingerprint density at radius 3 is 2.78 bits per heavy atom. The van der Waals surface area contributed by atoms with E-state index in [1.165, 1.54) is 0 Å². The predicted molar refractivity (Wildman–Crippen MR) is 106 cm³/mol. The van der Waals surface area contributed by atoms with Gasteiger partial charge in [-0.1, -0.05) is 26.0 Å². The fourth-order valence-electron chi connectivity index (χ4n) is 3.37. The lowest BCUT2D eigenvalue weighted by Gasteiger charge is -2.17. The largest absolute Gasteiger partial charge is 0.351 e. The van der Waals surface area contributed by atoms with E-state index in [1.807, 2.05) is 35.8 Å². The normalized spacial score (nSPS) is 13.3. The standard InChI is InChI=1S/C21H28N4O2/c1-14(2)10-11-22-20(26)18-17-9-4-5-12-25(17)19(24-18)21(27)23-16-8-6-7-15(3)13-16/h6-8,13-14H,4-5,9-12H2,1-3H3,(H,22,26)(H,23,27). The third-order valence-electron chi connectivity index (χ3n) is 4.82. The van der Waals surface area contributed by atoms with Gasteiger partial charge in [-0.05, 0) is 56.2 Å². The van der Waals surface area contributed by atoms with E-state index in [-0.39, 0.29) is 11.8 Å². The highest BCUT2D eigenvalue weighted by atomic mass is 16.2. The van der Waals surface area contributed by atoms with Gasteiger partial charge >= 0.3 is 0 Å². The lowest BCUT2D eigenvalue weighted by Crippen LogP contribution is -2.27. The summed E-state index contributed by atoms with van der Waals surface area (Å²) in [5.74, 6) is 0.387. The highest BCUT2D eigenvalue weighted by Crippen LogP contribution is 2.22. The van der Waals surface area contributed by atoms with Gasteiger partial charge in [-0.3, -0.25) is 9.59 Å². The molecule has 0 spiro atoms. The van der Waals surface area contributed by atoms with Crippen LogP contribution in [-0.4, -0.2) is 27.9 Å². The molecule has 0 bridgehead atoms. The van der Waals surface area contributed by atoms with Crippen molar-refractivity contribution in [3.63, 3.8) is 0 Å². The number of imidazole rings is 1. The molecule has 0 unspecified atom stereocenters. The van der Waals surface area contributed by atoms with E-state index in [1.54, 1.807) is 0 Å². The molecule has 2 aromatic rings. The van der Waals surface area contributed by atoms with Gasteiger partial charge in [-0.25, -0.2) is 4.98 Å². The molecule has 6 nitrogen and oxygen atoms in total. The van der Waals surface area contributed by atoms with Crippen LogP contribution in [0.15, 0.2) is 24.3 Å². The Bertz CT molecular complexity index is 839. The van der Waals surface area contributed by atoms with Gasteiger partial charge in [0.25, 0.3) is 11.8 Å². The summed E-state index contributed by atoms with van der Waals surface area (Å²) in [4.78, 5) is 29.9. The fraction of sp³-hybridized carbons (Fsp3) is 0.476. The van der Waals surface area contributed by atoms with Gasteiger partial charge in [0.15, 0.2) is 5.82 Å². The van der Waals surface area contributed by atoms with E-state index < -0.39 is 0 Å². The van der Waals surface area contributed by atoms with E-state index in [9.17, 15) is 9.59 Å². The third kappa shape index (κ3) is 4.56. The summed E-state index contributed by atoms with van der Waals surface area (Å²) in [5.41, 5.74) is 3.07. The molecule has 1 aliphatic rings. The molecular formula is C21H28N4O2. The highest BCUT2D eigenvalue weighted by Gasteiger charge is 2.27. The Balaban J connectivity index is 1.82. The van der Waals surface area contributed by atoms with Gasteiger partial charge < -0.3 is 15.2 Å². The molecule has 27 heavy (non-hydrogen) atoms. The quantitative estimate of drug-likeness (QED) is 0.819. The lowest BCUT2D eigenvalue weighted by atomic mass is 10.1. The second-order valence-electron chi connectivity index (χ2n) is 7.60. The number of carbonyl (C=O) groups excluding carboxylic acids is 2. The second kappa shape index (κ2) is 8.37. The van der Waals surface area contributed by atoms with Crippen LogP contribution >= 0.6 is 0 Å². The number of nitrogens with zero attached hydrogens (tertiary/aromatic N) is 2. The van der Waals surface area contributed by atoms with Crippen molar-refractivity contribution in [3.8, 4) is 0 Å². The number of amides is 2. The van der Waals surface area contributed by atoms with Crippen LogP contribution in [0.5, 0.6) is 0 Å². The molecule has 0 saturated carbocycles. The predicted octanol–water partition coefficient (Wildman–Crippen LogP) is 3.56. The number of benzene rings is 1. The average Bonchev–Trinajstić information content (AvgIpc) is 3.01. The van der Waals surface area contributed by atoms with Gasteiger partial charge in [0.05, 0.1) is 5.69 Å². The average molecular weight is 368 g/mol. The summed E-state index contributed by atoms with van der Waals surface area (Å²) in [6, 6.07) is 7.65. The monoisotopic (exact) mass is 368 g/mol. The zero-order valence-corrected chi connectivity index (χ0v) is 16.3. The molecule has 0 fully saturated rings. The van der Waals surface area contributed by atoms with Gasteiger partial charge in [0, 0.05) is 18.8 Å². The minimum atomic E-state index is -0.273. The molecule has 6 heteroatoms. The summed E-state index contributed by atoms with van der Waals surface area (Å²) in [5, 5.41) is 5.85. The number of anilines is 1. The lowest BCUT2D eigenvalue weighted by molar-refractivity contribution is 0.0946. The van der Waals surface area contributed by atoms with Crippen LogP contribution in [0.1, 0.15) is 65.5 Å². The number of aryl methyl sites for hydroxylation is 1. The molecule has 2 amide bonds. The van der Waals surface area contributed by atoms with E-state index in [2.05, 4.69) is 29.5 Å². The maximum Gasteiger partial charge on any atom is 0.291 e. The molecule has 1 aromatic heterocycles. The molecule has 0 atom stereocenters. The van der Waals surface area contributed by atoms with Gasteiger partial charge in [-0.15, -0.1) is 0 Å². The van der Waals surface area contributed by atoms with E-state index >= 15 is 0 Å². The molecule has 1 aliphatic heterocycles. The van der Waals surface area contributed by atoms with E-state index in [0.717, 1.165) is 49.2 Å². The van der Waals surface area contributed by atoms with E-state index in [0.29, 0.717) is 24.0 Å². The van der Waals surface area contributed by atoms with Crippen molar-refractivity contribution in [2.75, 3.05) is 11.9 Å². The Hall–Kier alpha value is -2.63.